The number of phenolic OH excluding ortho intramolecular Hbond substituents is 1. The molecule has 0 spiro atoms. The number of nitrogens with zero attached hydrogens (tertiary/aromatic N) is 2. The molecule has 3 rings (SSSR count). The van der Waals surface area contributed by atoms with Gasteiger partial charge in [-0.25, -0.2) is 0 Å². The number of carboxylic acids is 1. The minimum atomic E-state index is -0.774. The maximum absolute atomic E-state index is 11.2. The van der Waals surface area contributed by atoms with E-state index >= 15 is 0 Å². The van der Waals surface area contributed by atoms with E-state index in [4.69, 9.17) is 4.99 Å². The second-order valence-electron chi connectivity index (χ2n) is 5.53. The lowest BCUT2D eigenvalue weighted by Crippen LogP contribution is -2.42. The van der Waals surface area contributed by atoms with Crippen molar-refractivity contribution in [3.63, 3.8) is 0 Å². The number of likely N-dealkylation sites (N-methyl/N-ethyl adjacent to an activating group) is 1. The van der Waals surface area contributed by atoms with Crippen LogP contribution in [0.1, 0.15) is 11.1 Å². The predicted molar refractivity (Wildman–Crippen MR) is 91.1 cm³/mol. The van der Waals surface area contributed by atoms with Gasteiger partial charge in [0.2, 0.25) is 0 Å². The first-order valence-corrected chi connectivity index (χ1v) is 9.08. The number of carboxylic acid groups (broad SMARTS) is 1. The lowest BCUT2D eigenvalue weighted by atomic mass is 10.1. The smallest absolute Gasteiger partial charge is 0.321 e. The van der Waals surface area contributed by atoms with E-state index in [1.165, 1.54) is 0 Å². The summed E-state index contributed by atoms with van der Waals surface area (Å²) in [7, 11) is 1.85. The summed E-state index contributed by atoms with van der Waals surface area (Å²) in [6.07, 6.45) is 0. The van der Waals surface area contributed by atoms with E-state index in [9.17, 15) is 15.0 Å². The number of aliphatic carboxylic acids is 1. The number of aryl methyl sites for hydroxylation is 1. The first kappa shape index (κ1) is 15.7. The first-order valence-electron chi connectivity index (χ1n) is 7.05. The van der Waals surface area contributed by atoms with E-state index in [0.29, 0.717) is 5.75 Å². The molecule has 1 saturated heterocycles. The number of hydrogen-bond donors (Lipinski definition) is 2. The minimum absolute atomic E-state index is 0.0549. The third-order valence-corrected chi connectivity index (χ3v) is 6.68. The van der Waals surface area contributed by atoms with Crippen LogP contribution in [-0.2, 0) is 4.79 Å². The highest BCUT2D eigenvalue weighted by molar-refractivity contribution is 8.14. The van der Waals surface area contributed by atoms with Crippen LogP contribution >= 0.6 is 23.5 Å². The Balaban J connectivity index is 1.80. The average Bonchev–Trinajstić information content (AvgIpc) is 3.08. The van der Waals surface area contributed by atoms with Crippen molar-refractivity contribution in [3.05, 3.63) is 29.3 Å². The van der Waals surface area contributed by atoms with Crippen LogP contribution in [0.15, 0.2) is 23.2 Å². The second kappa shape index (κ2) is 6.14. The number of thioether (sulfide) groups is 2. The molecule has 0 aromatic heterocycles. The number of aliphatic imine (C=N–C) groups is 1. The Kier molecular flexibility index (Phi) is 4.38. The van der Waals surface area contributed by atoms with Crippen molar-refractivity contribution < 1.29 is 15.0 Å². The molecule has 2 N–H and O–H groups in total. The van der Waals surface area contributed by atoms with Crippen LogP contribution in [0.4, 0.5) is 0 Å². The van der Waals surface area contributed by atoms with Crippen molar-refractivity contribution in [2.24, 2.45) is 4.99 Å². The summed E-state index contributed by atoms with van der Waals surface area (Å²) < 4.78 is 0. The number of benzene rings is 1. The molecule has 2 aliphatic heterocycles. The molecule has 7 heteroatoms. The Morgan fingerprint density at radius 2 is 2.18 bits per heavy atom. The lowest BCUT2D eigenvalue weighted by molar-refractivity contribution is -0.141. The minimum Gasteiger partial charge on any atom is -0.507 e. The fourth-order valence-electron chi connectivity index (χ4n) is 2.74. The molecule has 1 unspecified atom stereocenters. The Hall–Kier alpha value is -1.18. The van der Waals surface area contributed by atoms with Crippen molar-refractivity contribution >= 4 is 34.5 Å². The number of hydrogen-bond acceptors (Lipinski definition) is 6. The molecule has 0 aliphatic carbocycles. The molecule has 0 amide bonds. The summed E-state index contributed by atoms with van der Waals surface area (Å²) in [5.74, 6) is 0.920. The van der Waals surface area contributed by atoms with Crippen molar-refractivity contribution in [3.8, 4) is 5.75 Å². The Morgan fingerprint density at radius 3 is 2.86 bits per heavy atom. The zero-order valence-electron chi connectivity index (χ0n) is 12.4. The van der Waals surface area contributed by atoms with Gasteiger partial charge >= 0.3 is 5.97 Å². The Bertz CT molecular complexity index is 635. The van der Waals surface area contributed by atoms with Crippen LogP contribution in [0, 0.1) is 6.92 Å². The molecular weight excluding hydrogens is 320 g/mol. The highest BCUT2D eigenvalue weighted by Gasteiger charge is 2.41. The molecule has 3 atom stereocenters. The summed E-state index contributed by atoms with van der Waals surface area (Å²) in [5, 5.41) is 20.3. The van der Waals surface area contributed by atoms with Gasteiger partial charge in [0.1, 0.15) is 16.8 Å². The third kappa shape index (κ3) is 2.73. The summed E-state index contributed by atoms with van der Waals surface area (Å²) in [5.41, 5.74) is 1.61. The lowest BCUT2D eigenvalue weighted by Gasteiger charge is -2.24. The van der Waals surface area contributed by atoms with Crippen LogP contribution in [0.3, 0.4) is 0 Å². The molecule has 1 aromatic rings. The van der Waals surface area contributed by atoms with E-state index in [2.05, 4.69) is 0 Å². The average molecular weight is 338 g/mol. The normalized spacial score (nSPS) is 28.8. The number of para-hydroxylation sites is 1. The monoisotopic (exact) mass is 338 g/mol. The maximum atomic E-state index is 11.2. The topological polar surface area (TPSA) is 73.1 Å². The summed E-state index contributed by atoms with van der Waals surface area (Å²) in [4.78, 5) is 17.9. The fourth-order valence-corrected chi connectivity index (χ4v) is 5.50. The fraction of sp³-hybridized carbons (Fsp3) is 0.467. The quantitative estimate of drug-likeness (QED) is 0.878. The van der Waals surface area contributed by atoms with Gasteiger partial charge in [-0.2, -0.15) is 0 Å². The van der Waals surface area contributed by atoms with Crippen molar-refractivity contribution in [1.29, 1.82) is 0 Å². The molecule has 0 bridgehead atoms. The van der Waals surface area contributed by atoms with E-state index < -0.39 is 12.0 Å². The van der Waals surface area contributed by atoms with Crippen LogP contribution in [0.2, 0.25) is 0 Å². The van der Waals surface area contributed by atoms with Gasteiger partial charge in [0.25, 0.3) is 0 Å². The molecule has 0 saturated carbocycles. The molecule has 22 heavy (non-hydrogen) atoms. The zero-order chi connectivity index (χ0) is 15.9. The maximum Gasteiger partial charge on any atom is 0.321 e. The molecule has 2 heterocycles. The highest BCUT2D eigenvalue weighted by Crippen LogP contribution is 2.38. The molecule has 118 valence electrons. The van der Waals surface area contributed by atoms with Crippen molar-refractivity contribution in [2.75, 3.05) is 18.6 Å². The molecule has 0 radical (unpaired) electrons. The van der Waals surface area contributed by atoms with E-state index in [1.807, 2.05) is 37.1 Å². The van der Waals surface area contributed by atoms with Crippen molar-refractivity contribution in [2.45, 2.75) is 24.4 Å². The van der Waals surface area contributed by atoms with Gasteiger partial charge in [-0.3, -0.25) is 14.7 Å². The zero-order valence-corrected chi connectivity index (χ0v) is 14.0. The summed E-state index contributed by atoms with van der Waals surface area (Å²) >= 11 is 3.28. The van der Waals surface area contributed by atoms with E-state index in [-0.39, 0.29) is 17.2 Å². The van der Waals surface area contributed by atoms with Gasteiger partial charge in [0.05, 0.1) is 11.4 Å². The first-order chi connectivity index (χ1) is 10.5. The second-order valence-corrected chi connectivity index (χ2v) is 7.69. The van der Waals surface area contributed by atoms with Crippen LogP contribution in [0.25, 0.3) is 0 Å². The van der Waals surface area contributed by atoms with Crippen LogP contribution < -0.4 is 0 Å². The van der Waals surface area contributed by atoms with E-state index in [1.54, 1.807) is 23.5 Å². The largest absolute Gasteiger partial charge is 0.507 e. The summed E-state index contributed by atoms with van der Waals surface area (Å²) in [6, 6.07) is 5.28. The Morgan fingerprint density at radius 1 is 1.41 bits per heavy atom. The molecule has 2 aliphatic rings. The molecular formula is C15H18N2O3S2. The number of carbonyl (C=O) groups is 1. The number of rotatable bonds is 3. The van der Waals surface area contributed by atoms with Gasteiger partial charge in [0.15, 0.2) is 0 Å². The van der Waals surface area contributed by atoms with Crippen molar-refractivity contribution in [1.82, 2.24) is 4.90 Å². The highest BCUT2D eigenvalue weighted by atomic mass is 32.2. The van der Waals surface area contributed by atoms with Crippen LogP contribution in [-0.4, -0.2) is 62.1 Å². The number of phenols is 1. The van der Waals surface area contributed by atoms with E-state index in [0.717, 1.165) is 21.9 Å². The van der Waals surface area contributed by atoms with Gasteiger partial charge in [-0.1, -0.05) is 12.1 Å². The van der Waals surface area contributed by atoms with Gasteiger partial charge in [-0.15, -0.1) is 23.5 Å². The SMILES string of the molecule is Cc1cccc(C2=NC([C@H]3SC[C@H](C(=O)O)N3C)CS2)c1O. The van der Waals surface area contributed by atoms with Gasteiger partial charge < -0.3 is 10.2 Å². The van der Waals surface area contributed by atoms with Gasteiger partial charge in [0, 0.05) is 17.1 Å². The molecule has 5 nitrogen and oxygen atoms in total. The standard InChI is InChI=1S/C15H18N2O3S2/c1-8-4-3-5-9(12(8)18)13-16-10(6-21-13)14-17(2)11(7-22-14)15(19)20/h3-5,10-11,14,18H,6-7H2,1-2H3,(H,19,20)/t10?,11-,14-/m1/s1. The number of aromatic hydroxyl groups is 1. The Labute approximate surface area is 137 Å². The molecule has 1 aromatic carbocycles. The van der Waals surface area contributed by atoms with Gasteiger partial charge in [-0.05, 0) is 25.6 Å². The molecule has 1 fully saturated rings. The van der Waals surface area contributed by atoms with Crippen LogP contribution in [0.5, 0.6) is 5.75 Å². The third-order valence-electron chi connectivity index (χ3n) is 4.07. The predicted octanol–water partition coefficient (Wildman–Crippen LogP) is 2.02. The summed E-state index contributed by atoms with van der Waals surface area (Å²) in [6.45, 7) is 1.87.